The van der Waals surface area contributed by atoms with Gasteiger partial charge in [-0.3, -0.25) is 9.69 Å². The number of nitrogens with zero attached hydrogens (tertiary/aromatic N) is 2. The quantitative estimate of drug-likeness (QED) is 0.827. The lowest BCUT2D eigenvalue weighted by molar-refractivity contribution is 0.0326. The monoisotopic (exact) mass is 350 g/mol. The third kappa shape index (κ3) is 4.16. The molecule has 0 atom stereocenters. The van der Waals surface area contributed by atoms with E-state index in [9.17, 15) is 4.79 Å². The number of amides is 1. The summed E-state index contributed by atoms with van der Waals surface area (Å²) >= 11 is 1.53. The first-order valence-corrected chi connectivity index (χ1v) is 10.3. The SMILES string of the molecule is NCCc1nc(C(=O)NCC2(N3CCCCC3)CCCCC2)cs1. The van der Waals surface area contributed by atoms with Gasteiger partial charge < -0.3 is 11.1 Å². The van der Waals surface area contributed by atoms with Crippen molar-refractivity contribution in [2.75, 3.05) is 26.2 Å². The van der Waals surface area contributed by atoms with Crippen molar-refractivity contribution in [3.05, 3.63) is 16.1 Å². The molecule has 3 N–H and O–H groups in total. The zero-order valence-electron chi connectivity index (χ0n) is 14.6. The second-order valence-corrected chi connectivity index (χ2v) is 8.12. The van der Waals surface area contributed by atoms with E-state index in [1.807, 2.05) is 5.38 Å². The maximum absolute atomic E-state index is 12.5. The molecule has 2 fully saturated rings. The first-order chi connectivity index (χ1) is 11.7. The van der Waals surface area contributed by atoms with E-state index in [-0.39, 0.29) is 11.4 Å². The molecular formula is C18H30N4OS. The number of piperidine rings is 1. The fourth-order valence-corrected chi connectivity index (χ4v) is 4.97. The lowest BCUT2D eigenvalue weighted by Crippen LogP contribution is -2.58. The Morgan fingerprint density at radius 2 is 1.92 bits per heavy atom. The van der Waals surface area contributed by atoms with Crippen LogP contribution in [0.25, 0.3) is 0 Å². The Balaban J connectivity index is 1.62. The van der Waals surface area contributed by atoms with Crippen molar-refractivity contribution in [1.82, 2.24) is 15.2 Å². The van der Waals surface area contributed by atoms with Gasteiger partial charge >= 0.3 is 0 Å². The minimum Gasteiger partial charge on any atom is -0.349 e. The summed E-state index contributed by atoms with van der Waals surface area (Å²) in [6, 6.07) is 0. The Labute approximate surface area is 149 Å². The first-order valence-electron chi connectivity index (χ1n) is 9.41. The Morgan fingerprint density at radius 3 is 2.62 bits per heavy atom. The molecule has 6 heteroatoms. The molecule has 5 nitrogen and oxygen atoms in total. The first kappa shape index (κ1) is 17.8. The molecule has 0 aromatic carbocycles. The molecule has 134 valence electrons. The molecule has 2 heterocycles. The summed E-state index contributed by atoms with van der Waals surface area (Å²) in [5, 5.41) is 6.00. The molecule has 1 aromatic heterocycles. The van der Waals surface area contributed by atoms with Gasteiger partial charge in [0.25, 0.3) is 5.91 Å². The van der Waals surface area contributed by atoms with E-state index in [1.165, 1.54) is 75.8 Å². The topological polar surface area (TPSA) is 71.2 Å². The number of aromatic nitrogens is 1. The van der Waals surface area contributed by atoms with Crippen molar-refractivity contribution in [2.45, 2.75) is 63.3 Å². The molecule has 0 radical (unpaired) electrons. The van der Waals surface area contributed by atoms with Crippen molar-refractivity contribution in [3.8, 4) is 0 Å². The molecule has 1 aliphatic heterocycles. The van der Waals surface area contributed by atoms with Crippen molar-refractivity contribution in [3.63, 3.8) is 0 Å². The molecule has 0 unspecified atom stereocenters. The number of nitrogens with one attached hydrogen (secondary N) is 1. The lowest BCUT2D eigenvalue weighted by atomic mass is 9.79. The van der Waals surface area contributed by atoms with E-state index in [4.69, 9.17) is 5.73 Å². The summed E-state index contributed by atoms with van der Waals surface area (Å²) in [4.78, 5) is 19.6. The number of hydrogen-bond donors (Lipinski definition) is 2. The predicted molar refractivity (Wildman–Crippen MR) is 98.4 cm³/mol. The van der Waals surface area contributed by atoms with Crippen LogP contribution in [-0.4, -0.2) is 47.5 Å². The molecule has 2 aliphatic rings. The molecule has 1 saturated heterocycles. The van der Waals surface area contributed by atoms with Crippen molar-refractivity contribution in [2.24, 2.45) is 5.73 Å². The molecule has 1 saturated carbocycles. The molecule has 3 rings (SSSR count). The minimum absolute atomic E-state index is 0.0310. The van der Waals surface area contributed by atoms with E-state index in [1.54, 1.807) is 0 Å². The van der Waals surface area contributed by atoms with E-state index in [0.29, 0.717) is 12.2 Å². The fourth-order valence-electron chi connectivity index (χ4n) is 4.17. The summed E-state index contributed by atoms with van der Waals surface area (Å²) in [6.07, 6.45) is 11.0. The van der Waals surface area contributed by atoms with Crippen molar-refractivity contribution < 1.29 is 4.79 Å². The van der Waals surface area contributed by atoms with Crippen LogP contribution in [0.4, 0.5) is 0 Å². The van der Waals surface area contributed by atoms with Gasteiger partial charge in [-0.05, 0) is 45.3 Å². The smallest absolute Gasteiger partial charge is 0.270 e. The second-order valence-electron chi connectivity index (χ2n) is 7.18. The van der Waals surface area contributed by atoms with Crippen LogP contribution in [-0.2, 0) is 6.42 Å². The number of carbonyl (C=O) groups excluding carboxylic acids is 1. The lowest BCUT2D eigenvalue weighted by Gasteiger charge is -2.48. The number of rotatable bonds is 6. The summed E-state index contributed by atoms with van der Waals surface area (Å²) in [5.74, 6) is -0.0310. The number of nitrogens with two attached hydrogens (primary N) is 1. The number of thiazole rings is 1. The number of hydrogen-bond acceptors (Lipinski definition) is 5. The summed E-state index contributed by atoms with van der Waals surface area (Å²) in [7, 11) is 0. The molecule has 0 bridgehead atoms. The van der Waals surface area contributed by atoms with Gasteiger partial charge in [0.2, 0.25) is 0 Å². The number of likely N-dealkylation sites (tertiary alicyclic amines) is 1. The molecular weight excluding hydrogens is 320 g/mol. The van der Waals surface area contributed by atoms with E-state index in [2.05, 4.69) is 15.2 Å². The van der Waals surface area contributed by atoms with E-state index >= 15 is 0 Å². The Morgan fingerprint density at radius 1 is 1.21 bits per heavy atom. The van der Waals surface area contributed by atoms with Crippen LogP contribution in [0.5, 0.6) is 0 Å². The van der Waals surface area contributed by atoms with Crippen molar-refractivity contribution >= 4 is 17.2 Å². The van der Waals surface area contributed by atoms with E-state index < -0.39 is 0 Å². The normalized spacial score (nSPS) is 21.5. The molecule has 1 aromatic rings. The maximum atomic E-state index is 12.5. The molecule has 1 aliphatic carbocycles. The zero-order valence-corrected chi connectivity index (χ0v) is 15.4. The second kappa shape index (κ2) is 8.41. The Kier molecular flexibility index (Phi) is 6.25. The highest BCUT2D eigenvalue weighted by molar-refractivity contribution is 7.09. The van der Waals surface area contributed by atoms with Gasteiger partial charge in [0, 0.05) is 23.9 Å². The fraction of sp³-hybridized carbons (Fsp3) is 0.778. The van der Waals surface area contributed by atoms with Gasteiger partial charge in [-0.15, -0.1) is 11.3 Å². The summed E-state index contributed by atoms with van der Waals surface area (Å²) in [6.45, 7) is 3.71. The molecule has 24 heavy (non-hydrogen) atoms. The van der Waals surface area contributed by atoms with Crippen LogP contribution >= 0.6 is 11.3 Å². The van der Waals surface area contributed by atoms with Crippen LogP contribution in [0.2, 0.25) is 0 Å². The largest absolute Gasteiger partial charge is 0.349 e. The van der Waals surface area contributed by atoms with Crippen molar-refractivity contribution in [1.29, 1.82) is 0 Å². The van der Waals surface area contributed by atoms with Gasteiger partial charge in [0.15, 0.2) is 0 Å². The highest BCUT2D eigenvalue weighted by Gasteiger charge is 2.38. The highest BCUT2D eigenvalue weighted by atomic mass is 32.1. The van der Waals surface area contributed by atoms with Gasteiger partial charge in [0.1, 0.15) is 5.69 Å². The number of carbonyl (C=O) groups is 1. The van der Waals surface area contributed by atoms with Gasteiger partial charge in [-0.1, -0.05) is 25.7 Å². The highest BCUT2D eigenvalue weighted by Crippen LogP contribution is 2.35. The summed E-state index contributed by atoms with van der Waals surface area (Å²) in [5.41, 5.74) is 6.28. The Hall–Kier alpha value is -0.980. The molecule has 0 spiro atoms. The predicted octanol–water partition coefficient (Wildman–Crippen LogP) is 2.56. The zero-order chi connectivity index (χ0) is 16.8. The van der Waals surface area contributed by atoms with Gasteiger partial charge in [-0.25, -0.2) is 4.98 Å². The van der Waals surface area contributed by atoms with Crippen LogP contribution in [0.1, 0.15) is 66.9 Å². The van der Waals surface area contributed by atoms with Gasteiger partial charge in [-0.2, -0.15) is 0 Å². The van der Waals surface area contributed by atoms with Crippen LogP contribution in [0.15, 0.2) is 5.38 Å². The average molecular weight is 351 g/mol. The van der Waals surface area contributed by atoms with E-state index in [0.717, 1.165) is 18.0 Å². The third-order valence-corrected chi connectivity index (χ3v) is 6.44. The van der Waals surface area contributed by atoms with Crippen LogP contribution in [0.3, 0.4) is 0 Å². The minimum atomic E-state index is -0.0310. The third-order valence-electron chi connectivity index (χ3n) is 5.53. The Bertz CT molecular complexity index is 533. The summed E-state index contributed by atoms with van der Waals surface area (Å²) < 4.78 is 0. The van der Waals surface area contributed by atoms with Crippen LogP contribution in [0, 0.1) is 0 Å². The van der Waals surface area contributed by atoms with Gasteiger partial charge in [0.05, 0.1) is 5.01 Å². The standard InChI is InChI=1S/C18H30N4OS/c19-10-7-16-21-15(13-24-16)17(23)20-14-18(8-3-1-4-9-18)22-11-5-2-6-12-22/h13H,1-12,14,19H2,(H,20,23). The molecule has 1 amide bonds. The van der Waals surface area contributed by atoms with Crippen LogP contribution < -0.4 is 11.1 Å². The maximum Gasteiger partial charge on any atom is 0.270 e. The average Bonchev–Trinajstić information content (AvgIpc) is 3.10.